The number of methoxy groups -OCH3 is 1. The van der Waals surface area contributed by atoms with Crippen molar-refractivity contribution in [3.63, 3.8) is 0 Å². The van der Waals surface area contributed by atoms with Crippen molar-refractivity contribution in [2.24, 2.45) is 0 Å². The van der Waals surface area contributed by atoms with Crippen molar-refractivity contribution in [3.05, 3.63) is 16.3 Å². The summed E-state index contributed by atoms with van der Waals surface area (Å²) in [7, 11) is -2.94. The van der Waals surface area contributed by atoms with Crippen LogP contribution in [0.5, 0.6) is 0 Å². The van der Waals surface area contributed by atoms with Gasteiger partial charge in [-0.2, -0.15) is 4.72 Å². The van der Waals surface area contributed by atoms with Crippen molar-refractivity contribution >= 4 is 33.3 Å². The molecule has 0 amide bonds. The Kier molecular flexibility index (Phi) is 4.43. The minimum atomic E-state index is -4.07. The largest absolute Gasteiger partial charge is 0.477 e. The minimum Gasteiger partial charge on any atom is -0.477 e. The molecule has 1 atom stereocenters. The SMILES string of the molecule is COC(=O)C(C)NS(=O)(=O)c1ccsc1C(=O)O. The number of esters is 1. The number of carbonyl (C=O) groups excluding carboxylic acids is 1. The Morgan fingerprint density at radius 3 is 2.61 bits per heavy atom. The maximum Gasteiger partial charge on any atom is 0.347 e. The third-order valence-electron chi connectivity index (χ3n) is 2.00. The smallest absolute Gasteiger partial charge is 0.347 e. The number of hydrogen-bond acceptors (Lipinski definition) is 6. The highest BCUT2D eigenvalue weighted by Crippen LogP contribution is 2.21. The van der Waals surface area contributed by atoms with E-state index in [1.165, 1.54) is 18.4 Å². The van der Waals surface area contributed by atoms with Gasteiger partial charge < -0.3 is 9.84 Å². The van der Waals surface area contributed by atoms with E-state index in [9.17, 15) is 18.0 Å². The summed E-state index contributed by atoms with van der Waals surface area (Å²) >= 11 is 0.791. The molecule has 0 aliphatic heterocycles. The number of ether oxygens (including phenoxy) is 1. The fraction of sp³-hybridized carbons (Fsp3) is 0.333. The number of carboxylic acids is 1. The monoisotopic (exact) mass is 293 g/mol. The van der Waals surface area contributed by atoms with Gasteiger partial charge in [-0.3, -0.25) is 4.79 Å². The first kappa shape index (κ1) is 14.6. The molecule has 0 spiro atoms. The average molecular weight is 293 g/mol. The number of rotatable bonds is 5. The predicted octanol–water partition coefficient (Wildman–Crippen LogP) is 0.286. The van der Waals surface area contributed by atoms with Gasteiger partial charge in [0.15, 0.2) is 0 Å². The predicted molar refractivity (Wildman–Crippen MR) is 63.1 cm³/mol. The molecule has 100 valence electrons. The number of carboxylic acid groups (broad SMARTS) is 1. The molecule has 7 nitrogen and oxygen atoms in total. The summed E-state index contributed by atoms with van der Waals surface area (Å²) in [5.41, 5.74) is 0. The van der Waals surface area contributed by atoms with Gasteiger partial charge in [0, 0.05) is 0 Å². The summed E-state index contributed by atoms with van der Waals surface area (Å²) in [6.45, 7) is 1.30. The summed E-state index contributed by atoms with van der Waals surface area (Å²) in [5.74, 6) is -2.10. The summed E-state index contributed by atoms with van der Waals surface area (Å²) in [6.07, 6.45) is 0. The Balaban J connectivity index is 3.04. The molecule has 0 saturated carbocycles. The zero-order valence-electron chi connectivity index (χ0n) is 9.54. The molecule has 9 heteroatoms. The summed E-state index contributed by atoms with van der Waals surface area (Å²) < 4.78 is 30.2. The average Bonchev–Trinajstić information content (AvgIpc) is 2.76. The Hall–Kier alpha value is -1.45. The Bertz CT molecular complexity index is 561. The van der Waals surface area contributed by atoms with Gasteiger partial charge >= 0.3 is 11.9 Å². The zero-order chi connectivity index (χ0) is 13.9. The van der Waals surface area contributed by atoms with Gasteiger partial charge in [0.05, 0.1) is 7.11 Å². The van der Waals surface area contributed by atoms with Crippen LogP contribution in [0.4, 0.5) is 0 Å². The molecule has 0 aliphatic carbocycles. The molecule has 1 rings (SSSR count). The van der Waals surface area contributed by atoms with Crippen LogP contribution in [0.2, 0.25) is 0 Å². The molecule has 0 radical (unpaired) electrons. The Morgan fingerprint density at radius 2 is 2.11 bits per heavy atom. The van der Waals surface area contributed by atoms with Crippen LogP contribution in [0, 0.1) is 0 Å². The Morgan fingerprint density at radius 1 is 1.50 bits per heavy atom. The van der Waals surface area contributed by atoms with Crippen molar-refractivity contribution in [2.75, 3.05) is 7.11 Å². The van der Waals surface area contributed by atoms with Crippen molar-refractivity contribution in [2.45, 2.75) is 17.9 Å². The van der Waals surface area contributed by atoms with Crippen LogP contribution >= 0.6 is 11.3 Å². The first-order chi connectivity index (χ1) is 8.29. The molecule has 0 fully saturated rings. The van der Waals surface area contributed by atoms with Gasteiger partial charge in [0.1, 0.15) is 15.8 Å². The van der Waals surface area contributed by atoms with Crippen LogP contribution in [0.25, 0.3) is 0 Å². The molecule has 1 heterocycles. The number of aromatic carboxylic acids is 1. The van der Waals surface area contributed by atoms with Gasteiger partial charge in [0.2, 0.25) is 10.0 Å². The second-order valence-electron chi connectivity index (χ2n) is 3.29. The molecule has 0 bridgehead atoms. The first-order valence-corrected chi connectivity index (χ1v) is 7.07. The van der Waals surface area contributed by atoms with Crippen molar-refractivity contribution in [1.29, 1.82) is 0 Å². The molecule has 1 aromatic heterocycles. The van der Waals surface area contributed by atoms with E-state index in [1.54, 1.807) is 0 Å². The molecule has 1 unspecified atom stereocenters. The number of hydrogen-bond donors (Lipinski definition) is 2. The van der Waals surface area contributed by atoms with Crippen LogP contribution in [0.15, 0.2) is 16.3 Å². The van der Waals surface area contributed by atoms with E-state index in [0.717, 1.165) is 18.4 Å². The van der Waals surface area contributed by atoms with Gasteiger partial charge in [-0.05, 0) is 18.4 Å². The van der Waals surface area contributed by atoms with E-state index in [4.69, 9.17) is 5.11 Å². The lowest BCUT2D eigenvalue weighted by molar-refractivity contribution is -0.142. The normalized spacial score (nSPS) is 13.0. The van der Waals surface area contributed by atoms with Crippen LogP contribution in [0.3, 0.4) is 0 Å². The van der Waals surface area contributed by atoms with Gasteiger partial charge in [-0.1, -0.05) is 0 Å². The van der Waals surface area contributed by atoms with Gasteiger partial charge in [-0.15, -0.1) is 11.3 Å². The van der Waals surface area contributed by atoms with E-state index < -0.39 is 28.0 Å². The summed E-state index contributed by atoms with van der Waals surface area (Å²) in [6, 6.07) is 0.0713. The lowest BCUT2D eigenvalue weighted by Gasteiger charge is -2.11. The van der Waals surface area contributed by atoms with Crippen molar-refractivity contribution in [1.82, 2.24) is 4.72 Å². The number of nitrogens with one attached hydrogen (secondary N) is 1. The number of carbonyl (C=O) groups is 2. The lowest BCUT2D eigenvalue weighted by Crippen LogP contribution is -2.39. The van der Waals surface area contributed by atoms with Crippen LogP contribution in [0.1, 0.15) is 16.6 Å². The Labute approximate surface area is 107 Å². The van der Waals surface area contributed by atoms with E-state index >= 15 is 0 Å². The van der Waals surface area contributed by atoms with E-state index in [2.05, 4.69) is 4.74 Å². The second-order valence-corrected chi connectivity index (χ2v) is 5.88. The maximum atomic E-state index is 11.9. The maximum absolute atomic E-state index is 11.9. The van der Waals surface area contributed by atoms with Gasteiger partial charge in [0.25, 0.3) is 0 Å². The van der Waals surface area contributed by atoms with Crippen molar-refractivity contribution < 1.29 is 27.9 Å². The van der Waals surface area contributed by atoms with Crippen LogP contribution in [-0.2, 0) is 19.6 Å². The third kappa shape index (κ3) is 3.06. The standard InChI is InChI=1S/C9H11NO6S2/c1-5(9(13)16-2)10-18(14,15)6-3-4-17-7(6)8(11)12/h3-5,10H,1-2H3,(H,11,12). The minimum absolute atomic E-state index is 0.306. The number of sulfonamides is 1. The van der Waals surface area contributed by atoms with Crippen molar-refractivity contribution in [3.8, 4) is 0 Å². The quantitative estimate of drug-likeness (QED) is 0.755. The fourth-order valence-corrected chi connectivity index (χ4v) is 3.64. The molecule has 2 N–H and O–H groups in total. The van der Waals surface area contributed by atoms with Crippen LogP contribution < -0.4 is 4.72 Å². The topological polar surface area (TPSA) is 110 Å². The molecule has 0 aliphatic rings. The van der Waals surface area contributed by atoms with Gasteiger partial charge in [-0.25, -0.2) is 13.2 Å². The third-order valence-corrected chi connectivity index (χ3v) is 4.61. The molecule has 1 aromatic rings. The summed E-state index contributed by atoms with van der Waals surface area (Å²) in [4.78, 5) is 21.3. The van der Waals surface area contributed by atoms with Crippen LogP contribution in [-0.4, -0.2) is 38.6 Å². The molecule has 0 aromatic carbocycles. The van der Waals surface area contributed by atoms with E-state index in [0.29, 0.717) is 0 Å². The van der Waals surface area contributed by atoms with E-state index in [1.807, 2.05) is 4.72 Å². The second kappa shape index (κ2) is 5.46. The zero-order valence-corrected chi connectivity index (χ0v) is 11.2. The number of thiophene rings is 1. The lowest BCUT2D eigenvalue weighted by atomic mass is 10.4. The highest BCUT2D eigenvalue weighted by atomic mass is 32.2. The highest BCUT2D eigenvalue weighted by molar-refractivity contribution is 7.89. The molecular weight excluding hydrogens is 282 g/mol. The highest BCUT2D eigenvalue weighted by Gasteiger charge is 2.27. The molecule has 0 saturated heterocycles. The molecular formula is C9H11NO6S2. The summed E-state index contributed by atoms with van der Waals surface area (Å²) in [5, 5.41) is 10.2. The first-order valence-electron chi connectivity index (χ1n) is 4.70. The van der Waals surface area contributed by atoms with E-state index in [-0.39, 0.29) is 9.77 Å². The molecule has 18 heavy (non-hydrogen) atoms. The fourth-order valence-electron chi connectivity index (χ4n) is 1.19.